The van der Waals surface area contributed by atoms with Crippen LogP contribution in [0.15, 0.2) is 18.2 Å². The van der Waals surface area contributed by atoms with Gasteiger partial charge in [0.1, 0.15) is 0 Å². The molecule has 4 heteroatoms. The summed E-state index contributed by atoms with van der Waals surface area (Å²) in [5.41, 5.74) is 7.08. The van der Waals surface area contributed by atoms with Crippen molar-refractivity contribution in [2.75, 3.05) is 6.61 Å². The Balaban J connectivity index is 0.00000256. The third-order valence-electron chi connectivity index (χ3n) is 2.44. The van der Waals surface area contributed by atoms with E-state index in [4.69, 9.17) is 10.5 Å². The second-order valence-electron chi connectivity index (χ2n) is 4.40. The molecule has 0 fully saturated rings. The van der Waals surface area contributed by atoms with Gasteiger partial charge in [-0.3, -0.25) is 0 Å². The van der Waals surface area contributed by atoms with Crippen molar-refractivity contribution in [1.82, 2.24) is 0 Å². The lowest BCUT2D eigenvalue weighted by molar-refractivity contribution is 0.317. The summed E-state index contributed by atoms with van der Waals surface area (Å²) in [4.78, 5) is 0. The Bertz CT molecular complexity index is 342. The Labute approximate surface area is 109 Å². The molecule has 3 N–H and O–H groups in total. The zero-order chi connectivity index (χ0) is 12.1. The molecule has 0 amide bonds. The van der Waals surface area contributed by atoms with Crippen LogP contribution in [0.5, 0.6) is 11.5 Å². The van der Waals surface area contributed by atoms with Crippen LogP contribution in [-0.2, 0) is 0 Å². The predicted octanol–water partition coefficient (Wildman–Crippen LogP) is 3.26. The third kappa shape index (κ3) is 4.84. The van der Waals surface area contributed by atoms with Gasteiger partial charge in [-0.15, -0.1) is 12.4 Å². The van der Waals surface area contributed by atoms with E-state index in [0.29, 0.717) is 18.3 Å². The Morgan fingerprint density at radius 1 is 1.35 bits per heavy atom. The van der Waals surface area contributed by atoms with Gasteiger partial charge < -0.3 is 15.6 Å². The quantitative estimate of drug-likeness (QED) is 0.853. The van der Waals surface area contributed by atoms with Crippen LogP contribution >= 0.6 is 12.4 Å². The predicted molar refractivity (Wildman–Crippen MR) is 72.9 cm³/mol. The van der Waals surface area contributed by atoms with Gasteiger partial charge in [0, 0.05) is 6.04 Å². The topological polar surface area (TPSA) is 55.5 Å². The summed E-state index contributed by atoms with van der Waals surface area (Å²) in [6.45, 7) is 6.71. The molecule has 0 bridgehead atoms. The standard InChI is InChI=1S/C13H21NO2.ClH/c1-4-16-13-8-10(5-6-12(13)15)11(14)7-9(2)3;/h5-6,8-9,11,15H,4,7,14H2,1-3H3;1H/t11-;/m0./s1. The lowest BCUT2D eigenvalue weighted by Gasteiger charge is -2.16. The van der Waals surface area contributed by atoms with Crippen molar-refractivity contribution >= 4 is 12.4 Å². The van der Waals surface area contributed by atoms with Crippen molar-refractivity contribution in [2.45, 2.75) is 33.2 Å². The van der Waals surface area contributed by atoms with Crippen LogP contribution in [0.1, 0.15) is 38.8 Å². The van der Waals surface area contributed by atoms with Gasteiger partial charge in [0.25, 0.3) is 0 Å². The largest absolute Gasteiger partial charge is 0.504 e. The van der Waals surface area contributed by atoms with Crippen molar-refractivity contribution in [1.29, 1.82) is 0 Å². The molecule has 98 valence electrons. The number of ether oxygens (including phenoxy) is 1. The summed E-state index contributed by atoms with van der Waals surface area (Å²) in [7, 11) is 0. The molecule has 0 aliphatic carbocycles. The Morgan fingerprint density at radius 3 is 2.53 bits per heavy atom. The summed E-state index contributed by atoms with van der Waals surface area (Å²) in [6.07, 6.45) is 0.927. The number of benzene rings is 1. The number of phenolic OH excluding ortho intramolecular Hbond substituents is 1. The lowest BCUT2D eigenvalue weighted by Crippen LogP contribution is -2.13. The summed E-state index contributed by atoms with van der Waals surface area (Å²) < 4.78 is 5.33. The molecular weight excluding hydrogens is 238 g/mol. The zero-order valence-corrected chi connectivity index (χ0v) is 11.5. The van der Waals surface area contributed by atoms with E-state index in [9.17, 15) is 5.11 Å². The maximum Gasteiger partial charge on any atom is 0.161 e. The monoisotopic (exact) mass is 259 g/mol. The van der Waals surface area contributed by atoms with Crippen LogP contribution in [-0.4, -0.2) is 11.7 Å². The first-order valence-corrected chi connectivity index (χ1v) is 5.75. The fourth-order valence-corrected chi connectivity index (χ4v) is 1.68. The summed E-state index contributed by atoms with van der Waals surface area (Å²) >= 11 is 0. The van der Waals surface area contributed by atoms with Crippen molar-refractivity contribution in [3.05, 3.63) is 23.8 Å². The molecule has 1 atom stereocenters. The van der Waals surface area contributed by atoms with Crippen LogP contribution in [0.3, 0.4) is 0 Å². The first-order valence-electron chi connectivity index (χ1n) is 5.75. The molecule has 0 spiro atoms. The minimum atomic E-state index is -0.000180. The van der Waals surface area contributed by atoms with E-state index in [2.05, 4.69) is 13.8 Å². The molecule has 0 heterocycles. The van der Waals surface area contributed by atoms with Gasteiger partial charge in [0.15, 0.2) is 11.5 Å². The molecule has 0 aromatic heterocycles. The van der Waals surface area contributed by atoms with Crippen molar-refractivity contribution in [3.8, 4) is 11.5 Å². The normalized spacial score (nSPS) is 12.1. The fourth-order valence-electron chi connectivity index (χ4n) is 1.68. The third-order valence-corrected chi connectivity index (χ3v) is 2.44. The van der Waals surface area contributed by atoms with Gasteiger partial charge in [-0.1, -0.05) is 19.9 Å². The van der Waals surface area contributed by atoms with Crippen LogP contribution in [0.2, 0.25) is 0 Å². The van der Waals surface area contributed by atoms with Gasteiger partial charge in [0.2, 0.25) is 0 Å². The smallest absolute Gasteiger partial charge is 0.161 e. The van der Waals surface area contributed by atoms with Gasteiger partial charge in [-0.2, -0.15) is 0 Å². The maximum atomic E-state index is 9.56. The lowest BCUT2D eigenvalue weighted by atomic mass is 9.97. The van der Waals surface area contributed by atoms with Crippen molar-refractivity contribution in [2.24, 2.45) is 11.7 Å². The van der Waals surface area contributed by atoms with E-state index in [0.717, 1.165) is 12.0 Å². The number of nitrogens with two attached hydrogens (primary N) is 1. The first kappa shape index (κ1) is 16.1. The fraction of sp³-hybridized carbons (Fsp3) is 0.538. The second-order valence-corrected chi connectivity index (χ2v) is 4.40. The molecule has 17 heavy (non-hydrogen) atoms. The molecular formula is C13H22ClNO2. The number of hydrogen-bond donors (Lipinski definition) is 2. The number of rotatable bonds is 5. The minimum Gasteiger partial charge on any atom is -0.504 e. The van der Waals surface area contributed by atoms with E-state index in [1.807, 2.05) is 19.1 Å². The average Bonchev–Trinajstić information content (AvgIpc) is 2.20. The Morgan fingerprint density at radius 2 is 2.00 bits per heavy atom. The summed E-state index contributed by atoms with van der Waals surface area (Å²) in [5.74, 6) is 1.24. The maximum absolute atomic E-state index is 9.56. The molecule has 0 aliphatic rings. The average molecular weight is 260 g/mol. The SMILES string of the molecule is CCOc1cc([C@@H](N)CC(C)C)ccc1O.Cl. The molecule has 3 nitrogen and oxygen atoms in total. The molecule has 1 aromatic carbocycles. The van der Waals surface area contributed by atoms with Gasteiger partial charge in [0.05, 0.1) is 6.61 Å². The number of aromatic hydroxyl groups is 1. The zero-order valence-electron chi connectivity index (χ0n) is 10.6. The van der Waals surface area contributed by atoms with E-state index in [1.54, 1.807) is 6.07 Å². The number of halogens is 1. The van der Waals surface area contributed by atoms with Gasteiger partial charge in [-0.25, -0.2) is 0 Å². The Kier molecular flexibility index (Phi) is 7.00. The van der Waals surface area contributed by atoms with Crippen molar-refractivity contribution in [3.63, 3.8) is 0 Å². The first-order chi connectivity index (χ1) is 7.54. The number of hydrogen-bond acceptors (Lipinski definition) is 3. The highest BCUT2D eigenvalue weighted by atomic mass is 35.5. The highest BCUT2D eigenvalue weighted by molar-refractivity contribution is 5.85. The Hall–Kier alpha value is -0.930. The summed E-state index contributed by atoms with van der Waals surface area (Å²) in [6, 6.07) is 5.32. The van der Waals surface area contributed by atoms with Gasteiger partial charge >= 0.3 is 0 Å². The molecule has 0 radical (unpaired) electrons. The van der Waals surface area contributed by atoms with Crippen LogP contribution in [0.4, 0.5) is 0 Å². The summed E-state index contributed by atoms with van der Waals surface area (Å²) in [5, 5.41) is 9.56. The van der Waals surface area contributed by atoms with Crippen LogP contribution < -0.4 is 10.5 Å². The molecule has 1 rings (SSSR count). The van der Waals surface area contributed by atoms with E-state index >= 15 is 0 Å². The molecule has 0 saturated heterocycles. The van der Waals surface area contributed by atoms with Crippen molar-refractivity contribution < 1.29 is 9.84 Å². The van der Waals surface area contributed by atoms with Gasteiger partial charge in [-0.05, 0) is 37.0 Å². The highest BCUT2D eigenvalue weighted by Gasteiger charge is 2.11. The van der Waals surface area contributed by atoms with E-state index in [-0.39, 0.29) is 24.2 Å². The minimum absolute atomic E-state index is 0. The van der Waals surface area contributed by atoms with Crippen LogP contribution in [0, 0.1) is 5.92 Å². The second kappa shape index (κ2) is 7.41. The van der Waals surface area contributed by atoms with E-state index in [1.165, 1.54) is 0 Å². The molecule has 0 unspecified atom stereocenters. The van der Waals surface area contributed by atoms with E-state index < -0.39 is 0 Å². The molecule has 0 saturated carbocycles. The molecule has 0 aliphatic heterocycles. The number of phenols is 1. The molecule has 1 aromatic rings. The highest BCUT2D eigenvalue weighted by Crippen LogP contribution is 2.30. The van der Waals surface area contributed by atoms with Crippen LogP contribution in [0.25, 0.3) is 0 Å².